The quantitative estimate of drug-likeness (QED) is 0.667. The lowest BCUT2D eigenvalue weighted by Gasteiger charge is -2.23. The summed E-state index contributed by atoms with van der Waals surface area (Å²) >= 11 is 3.32. The number of aromatic nitrogens is 1. The maximum Gasteiger partial charge on any atom is 0.291 e. The van der Waals surface area contributed by atoms with E-state index in [1.807, 2.05) is 13.8 Å². The van der Waals surface area contributed by atoms with Crippen LogP contribution in [0.1, 0.15) is 19.4 Å². The molecule has 0 unspecified atom stereocenters. The maximum absolute atomic E-state index is 10.8. The second kappa shape index (κ2) is 5.62. The van der Waals surface area contributed by atoms with Gasteiger partial charge in [-0.25, -0.2) is 4.98 Å². The Balaban J connectivity index is 2.93. The second-order valence-corrected chi connectivity index (χ2v) is 5.30. The number of hydrogen-bond acceptors (Lipinski definition) is 5. The van der Waals surface area contributed by atoms with Gasteiger partial charge in [-0.2, -0.15) is 0 Å². The highest BCUT2D eigenvalue weighted by Crippen LogP contribution is 2.30. The molecule has 6 nitrogen and oxygen atoms in total. The summed E-state index contributed by atoms with van der Waals surface area (Å²) in [6, 6.07) is 0. The summed E-state index contributed by atoms with van der Waals surface area (Å²) < 4.78 is 5.88. The maximum atomic E-state index is 10.8. The first kappa shape index (κ1) is 14.8. The van der Waals surface area contributed by atoms with Crippen molar-refractivity contribution in [1.82, 2.24) is 4.98 Å². The number of rotatable bonds is 5. The van der Waals surface area contributed by atoms with Crippen molar-refractivity contribution in [3.63, 3.8) is 0 Å². The van der Waals surface area contributed by atoms with E-state index in [4.69, 9.17) is 4.74 Å². The Morgan fingerprint density at radius 1 is 1.61 bits per heavy atom. The lowest BCUT2D eigenvalue weighted by molar-refractivity contribution is -0.385. The van der Waals surface area contributed by atoms with Crippen molar-refractivity contribution in [2.75, 3.05) is 19.0 Å². The van der Waals surface area contributed by atoms with Gasteiger partial charge in [0, 0.05) is 19.2 Å². The molecule has 0 saturated carbocycles. The zero-order valence-electron chi connectivity index (χ0n) is 10.8. The van der Waals surface area contributed by atoms with Gasteiger partial charge in [0.2, 0.25) is 0 Å². The Kier molecular flexibility index (Phi) is 4.64. The molecule has 0 aromatic carbocycles. The van der Waals surface area contributed by atoms with Crippen LogP contribution in [0.15, 0.2) is 10.7 Å². The number of hydrogen-bond donors (Lipinski definition) is 1. The molecule has 1 aromatic rings. The Morgan fingerprint density at radius 3 is 2.72 bits per heavy atom. The Labute approximate surface area is 114 Å². The fourth-order valence-corrected chi connectivity index (χ4v) is 1.69. The summed E-state index contributed by atoms with van der Waals surface area (Å²) in [6.45, 7) is 6.10. The van der Waals surface area contributed by atoms with Gasteiger partial charge in [0.15, 0.2) is 0 Å². The third-order valence-electron chi connectivity index (χ3n) is 2.67. The fraction of sp³-hybridized carbons (Fsp3) is 0.545. The number of nitrogens with zero attached hydrogens (tertiary/aromatic N) is 2. The van der Waals surface area contributed by atoms with Crippen molar-refractivity contribution in [3.05, 3.63) is 26.3 Å². The van der Waals surface area contributed by atoms with E-state index in [1.165, 1.54) is 6.20 Å². The molecule has 0 amide bonds. The van der Waals surface area contributed by atoms with Crippen LogP contribution in [-0.2, 0) is 4.74 Å². The molecule has 1 rings (SSSR count). The number of nitrogens with one attached hydrogen (secondary N) is 1. The summed E-state index contributed by atoms with van der Waals surface area (Å²) in [7, 11) is 1.63. The van der Waals surface area contributed by atoms with Crippen LogP contribution in [0.2, 0.25) is 0 Å². The Hall–Kier alpha value is -1.21. The van der Waals surface area contributed by atoms with Crippen LogP contribution in [0.4, 0.5) is 11.5 Å². The van der Waals surface area contributed by atoms with Crippen LogP contribution in [0.5, 0.6) is 0 Å². The highest BCUT2D eigenvalue weighted by Gasteiger charge is 2.20. The lowest BCUT2D eigenvalue weighted by Crippen LogP contribution is -2.32. The van der Waals surface area contributed by atoms with Gasteiger partial charge < -0.3 is 10.1 Å². The molecule has 100 valence electrons. The molecule has 0 saturated heterocycles. The standard InChI is InChI=1S/C11H16BrN3O3/c1-7-8(15(16)17)5-13-10(9(7)12)14-6-11(2,3)18-4/h5H,6H2,1-4H3,(H,13,14). The first-order chi connectivity index (χ1) is 8.28. The number of pyridine rings is 1. The Bertz CT molecular complexity index is 463. The fourth-order valence-electron chi connectivity index (χ4n) is 1.25. The number of nitro groups is 1. The van der Waals surface area contributed by atoms with E-state index in [9.17, 15) is 10.1 Å². The van der Waals surface area contributed by atoms with E-state index < -0.39 is 4.92 Å². The molecule has 0 bridgehead atoms. The number of anilines is 1. The predicted molar refractivity (Wildman–Crippen MR) is 72.9 cm³/mol. The zero-order chi connectivity index (χ0) is 13.9. The van der Waals surface area contributed by atoms with Gasteiger partial charge in [0.1, 0.15) is 12.0 Å². The summed E-state index contributed by atoms with van der Waals surface area (Å²) in [6.07, 6.45) is 1.25. The van der Waals surface area contributed by atoms with Gasteiger partial charge in [-0.1, -0.05) is 0 Å². The van der Waals surface area contributed by atoms with Crippen LogP contribution in [-0.4, -0.2) is 29.2 Å². The van der Waals surface area contributed by atoms with E-state index in [-0.39, 0.29) is 11.3 Å². The van der Waals surface area contributed by atoms with E-state index >= 15 is 0 Å². The van der Waals surface area contributed by atoms with Crippen molar-refractivity contribution in [2.45, 2.75) is 26.4 Å². The largest absolute Gasteiger partial charge is 0.377 e. The van der Waals surface area contributed by atoms with E-state index in [2.05, 4.69) is 26.2 Å². The molecule has 1 N–H and O–H groups in total. The molecule has 0 radical (unpaired) electrons. The molecule has 1 aromatic heterocycles. The molecule has 0 aliphatic rings. The molecular weight excluding hydrogens is 302 g/mol. The first-order valence-corrected chi connectivity index (χ1v) is 6.16. The van der Waals surface area contributed by atoms with Gasteiger partial charge >= 0.3 is 0 Å². The molecular formula is C11H16BrN3O3. The van der Waals surface area contributed by atoms with Gasteiger partial charge in [-0.3, -0.25) is 10.1 Å². The topological polar surface area (TPSA) is 77.3 Å². The van der Waals surface area contributed by atoms with E-state index in [0.717, 1.165) is 0 Å². The first-order valence-electron chi connectivity index (χ1n) is 5.37. The molecule has 7 heteroatoms. The molecule has 0 fully saturated rings. The van der Waals surface area contributed by atoms with Crippen molar-refractivity contribution < 1.29 is 9.66 Å². The minimum atomic E-state index is -0.448. The smallest absolute Gasteiger partial charge is 0.291 e. The lowest BCUT2D eigenvalue weighted by atomic mass is 10.1. The van der Waals surface area contributed by atoms with Crippen molar-refractivity contribution >= 4 is 27.4 Å². The summed E-state index contributed by atoms with van der Waals surface area (Å²) in [5.74, 6) is 0.572. The number of ether oxygens (including phenoxy) is 1. The van der Waals surface area contributed by atoms with Crippen LogP contribution in [0.3, 0.4) is 0 Å². The average molecular weight is 318 g/mol. The van der Waals surface area contributed by atoms with Crippen molar-refractivity contribution in [1.29, 1.82) is 0 Å². The van der Waals surface area contributed by atoms with Crippen molar-refractivity contribution in [2.24, 2.45) is 0 Å². The average Bonchev–Trinajstić information content (AvgIpc) is 2.30. The van der Waals surface area contributed by atoms with Crippen LogP contribution >= 0.6 is 15.9 Å². The van der Waals surface area contributed by atoms with Gasteiger partial charge in [0.05, 0.1) is 15.0 Å². The van der Waals surface area contributed by atoms with Gasteiger partial charge in [0.25, 0.3) is 5.69 Å². The molecule has 0 aliphatic carbocycles. The highest BCUT2D eigenvalue weighted by atomic mass is 79.9. The molecule has 0 spiro atoms. The number of halogens is 1. The van der Waals surface area contributed by atoms with Gasteiger partial charge in [-0.15, -0.1) is 0 Å². The predicted octanol–water partition coefficient (Wildman–Crippen LogP) is 2.90. The normalized spacial score (nSPS) is 11.4. The van der Waals surface area contributed by atoms with Crippen LogP contribution < -0.4 is 5.32 Å². The highest BCUT2D eigenvalue weighted by molar-refractivity contribution is 9.10. The molecule has 18 heavy (non-hydrogen) atoms. The molecule has 0 atom stereocenters. The molecule has 1 heterocycles. The SMILES string of the molecule is COC(C)(C)CNc1ncc([N+](=O)[O-])c(C)c1Br. The second-order valence-electron chi connectivity index (χ2n) is 4.51. The third-order valence-corrected chi connectivity index (χ3v) is 3.64. The van der Waals surface area contributed by atoms with Crippen LogP contribution in [0, 0.1) is 17.0 Å². The monoisotopic (exact) mass is 317 g/mol. The summed E-state index contributed by atoms with van der Waals surface area (Å²) in [4.78, 5) is 14.3. The minimum absolute atomic E-state index is 0.00146. The Morgan fingerprint density at radius 2 is 2.22 bits per heavy atom. The summed E-state index contributed by atoms with van der Waals surface area (Å²) in [5, 5.41) is 13.9. The zero-order valence-corrected chi connectivity index (χ0v) is 12.4. The van der Waals surface area contributed by atoms with Crippen LogP contribution in [0.25, 0.3) is 0 Å². The number of methoxy groups -OCH3 is 1. The third kappa shape index (κ3) is 3.39. The van der Waals surface area contributed by atoms with Gasteiger partial charge in [-0.05, 0) is 36.7 Å². The van der Waals surface area contributed by atoms with E-state index in [1.54, 1.807) is 14.0 Å². The minimum Gasteiger partial charge on any atom is -0.377 e. The summed E-state index contributed by atoms with van der Waals surface area (Å²) in [5.41, 5.74) is 0.211. The molecule has 0 aliphatic heterocycles. The van der Waals surface area contributed by atoms with E-state index in [0.29, 0.717) is 22.4 Å². The van der Waals surface area contributed by atoms with Crippen molar-refractivity contribution in [3.8, 4) is 0 Å².